The highest BCUT2D eigenvalue weighted by atomic mass is 16.6. The summed E-state index contributed by atoms with van der Waals surface area (Å²) >= 11 is 0. The minimum absolute atomic E-state index is 0.0407. The van der Waals surface area contributed by atoms with Gasteiger partial charge in [0.1, 0.15) is 11.7 Å². The number of aliphatic hydroxyl groups excluding tert-OH is 2. The van der Waals surface area contributed by atoms with Crippen molar-refractivity contribution in [3.8, 4) is 0 Å². The van der Waals surface area contributed by atoms with Crippen LogP contribution in [0.25, 0.3) is 0 Å². The number of amides is 2. The molecule has 0 aromatic rings. The fraction of sp³-hybridized carbons (Fsp3) is 0.800. The van der Waals surface area contributed by atoms with Crippen molar-refractivity contribution in [2.24, 2.45) is 0 Å². The summed E-state index contributed by atoms with van der Waals surface area (Å²) in [6.45, 7) is 6.95. The molecule has 1 unspecified atom stereocenters. The van der Waals surface area contributed by atoms with E-state index < -0.39 is 54.5 Å². The van der Waals surface area contributed by atoms with Crippen LogP contribution < -0.4 is 5.32 Å². The van der Waals surface area contributed by atoms with Crippen LogP contribution in [0.3, 0.4) is 0 Å². The molecular formula is C15H26N2O7. The Labute approximate surface area is 140 Å². The van der Waals surface area contributed by atoms with E-state index in [2.05, 4.69) is 5.32 Å². The molecule has 9 nitrogen and oxygen atoms in total. The van der Waals surface area contributed by atoms with Crippen LogP contribution in [-0.4, -0.2) is 76.1 Å². The van der Waals surface area contributed by atoms with Crippen molar-refractivity contribution in [2.45, 2.75) is 64.5 Å². The van der Waals surface area contributed by atoms with Crippen LogP contribution in [0.5, 0.6) is 0 Å². The van der Waals surface area contributed by atoms with Gasteiger partial charge in [0.05, 0.1) is 18.7 Å². The molecule has 3 N–H and O–H groups in total. The number of rotatable bonds is 3. The lowest BCUT2D eigenvalue weighted by atomic mass is 9.93. The van der Waals surface area contributed by atoms with Gasteiger partial charge in [-0.2, -0.15) is 0 Å². The van der Waals surface area contributed by atoms with Gasteiger partial charge in [0.15, 0.2) is 6.10 Å². The summed E-state index contributed by atoms with van der Waals surface area (Å²) in [5, 5.41) is 22.4. The maximum atomic E-state index is 12.4. The predicted molar refractivity (Wildman–Crippen MR) is 83.0 cm³/mol. The van der Waals surface area contributed by atoms with Gasteiger partial charge in [0, 0.05) is 20.4 Å². The first-order chi connectivity index (χ1) is 11.0. The van der Waals surface area contributed by atoms with Crippen molar-refractivity contribution in [2.75, 3.05) is 13.2 Å². The Balaban J connectivity index is 3.11. The number of imide groups is 1. The van der Waals surface area contributed by atoms with Crippen molar-refractivity contribution in [3.63, 3.8) is 0 Å². The molecule has 9 heteroatoms. The van der Waals surface area contributed by atoms with Gasteiger partial charge < -0.3 is 25.0 Å². The zero-order valence-electron chi connectivity index (χ0n) is 14.6. The topological polar surface area (TPSA) is 125 Å². The Morgan fingerprint density at radius 3 is 2.25 bits per heavy atom. The van der Waals surface area contributed by atoms with Gasteiger partial charge in [-0.05, 0) is 20.8 Å². The maximum Gasteiger partial charge on any atom is 0.417 e. The first-order valence-corrected chi connectivity index (χ1v) is 7.70. The van der Waals surface area contributed by atoms with Crippen molar-refractivity contribution in [1.82, 2.24) is 10.2 Å². The maximum absolute atomic E-state index is 12.4. The molecule has 1 heterocycles. The quantitative estimate of drug-likeness (QED) is 0.578. The zero-order valence-corrected chi connectivity index (χ0v) is 14.6. The van der Waals surface area contributed by atoms with E-state index in [1.165, 1.54) is 6.92 Å². The van der Waals surface area contributed by atoms with Gasteiger partial charge in [-0.15, -0.1) is 0 Å². The monoisotopic (exact) mass is 346 g/mol. The average Bonchev–Trinajstić information content (AvgIpc) is 2.40. The Bertz CT molecular complexity index is 489. The standard InChI is InChI=1S/C15H26N2O7/c1-8(19)17(14(22)24-15(3,4)5)11-6-16-10(7-18)12(21)13(11)23-9(2)20/h10-13,16,18,21H,6-7H2,1-5H3/t10?,11-,12-,13+/m0/s1. The number of aliphatic hydroxyl groups is 2. The fourth-order valence-electron chi connectivity index (χ4n) is 2.52. The second kappa shape index (κ2) is 7.91. The molecular weight excluding hydrogens is 320 g/mol. The number of hydrogen-bond acceptors (Lipinski definition) is 8. The Hall–Kier alpha value is -1.71. The van der Waals surface area contributed by atoms with E-state index in [0.29, 0.717) is 0 Å². The first-order valence-electron chi connectivity index (χ1n) is 7.70. The van der Waals surface area contributed by atoms with E-state index in [9.17, 15) is 24.6 Å². The summed E-state index contributed by atoms with van der Waals surface area (Å²) in [7, 11) is 0. The van der Waals surface area contributed by atoms with Crippen LogP contribution in [0.15, 0.2) is 0 Å². The van der Waals surface area contributed by atoms with Gasteiger partial charge in [0.2, 0.25) is 5.91 Å². The Morgan fingerprint density at radius 2 is 1.83 bits per heavy atom. The van der Waals surface area contributed by atoms with E-state index in [4.69, 9.17) is 9.47 Å². The molecule has 0 saturated carbocycles. The molecule has 1 aliphatic heterocycles. The summed E-state index contributed by atoms with van der Waals surface area (Å²) in [5.41, 5.74) is -0.823. The van der Waals surface area contributed by atoms with Crippen molar-refractivity contribution >= 4 is 18.0 Å². The Morgan fingerprint density at radius 1 is 1.25 bits per heavy atom. The minimum atomic E-state index is -1.29. The van der Waals surface area contributed by atoms with Crippen molar-refractivity contribution in [3.05, 3.63) is 0 Å². The van der Waals surface area contributed by atoms with Gasteiger partial charge >= 0.3 is 12.1 Å². The van der Waals surface area contributed by atoms with Crippen LogP contribution in [0.2, 0.25) is 0 Å². The molecule has 24 heavy (non-hydrogen) atoms. The van der Waals surface area contributed by atoms with Gasteiger partial charge in [0.25, 0.3) is 0 Å². The molecule has 0 radical (unpaired) electrons. The van der Waals surface area contributed by atoms with Gasteiger partial charge in [-0.3, -0.25) is 9.59 Å². The number of carbonyl (C=O) groups is 3. The normalized spacial score (nSPS) is 27.3. The predicted octanol–water partition coefficient (Wildman–Crippen LogP) is -0.605. The van der Waals surface area contributed by atoms with E-state index in [0.717, 1.165) is 11.8 Å². The zero-order chi connectivity index (χ0) is 18.7. The lowest BCUT2D eigenvalue weighted by Gasteiger charge is -2.43. The molecule has 1 saturated heterocycles. The molecule has 0 spiro atoms. The average molecular weight is 346 g/mol. The fourth-order valence-corrected chi connectivity index (χ4v) is 2.52. The minimum Gasteiger partial charge on any atom is -0.457 e. The molecule has 138 valence electrons. The second-order valence-corrected chi connectivity index (χ2v) is 6.70. The van der Waals surface area contributed by atoms with Crippen molar-refractivity contribution in [1.29, 1.82) is 0 Å². The highest BCUT2D eigenvalue weighted by Crippen LogP contribution is 2.22. The smallest absolute Gasteiger partial charge is 0.417 e. The van der Waals surface area contributed by atoms with Crippen LogP contribution in [0.4, 0.5) is 4.79 Å². The Kier molecular flexibility index (Phi) is 6.70. The number of carbonyl (C=O) groups excluding carboxylic acids is 3. The number of ether oxygens (including phenoxy) is 2. The molecule has 4 atom stereocenters. The third-order valence-corrected chi connectivity index (χ3v) is 3.48. The summed E-state index contributed by atoms with van der Waals surface area (Å²) in [6.07, 6.45) is -3.35. The van der Waals surface area contributed by atoms with E-state index in [-0.39, 0.29) is 6.54 Å². The highest BCUT2D eigenvalue weighted by Gasteiger charge is 2.46. The molecule has 0 aliphatic carbocycles. The third-order valence-electron chi connectivity index (χ3n) is 3.48. The third kappa shape index (κ3) is 5.15. The number of piperidine rings is 1. The van der Waals surface area contributed by atoms with Gasteiger partial charge in [-0.25, -0.2) is 9.69 Å². The molecule has 2 amide bonds. The summed E-state index contributed by atoms with van der Waals surface area (Å²) < 4.78 is 10.3. The summed E-state index contributed by atoms with van der Waals surface area (Å²) in [6, 6.07) is -1.70. The molecule has 0 aromatic heterocycles. The van der Waals surface area contributed by atoms with Crippen LogP contribution in [0, 0.1) is 0 Å². The molecule has 1 fully saturated rings. The number of hydrogen-bond donors (Lipinski definition) is 3. The van der Waals surface area contributed by atoms with E-state index >= 15 is 0 Å². The summed E-state index contributed by atoms with van der Waals surface area (Å²) in [4.78, 5) is 36.5. The largest absolute Gasteiger partial charge is 0.457 e. The lowest BCUT2D eigenvalue weighted by molar-refractivity contribution is -0.167. The summed E-state index contributed by atoms with van der Waals surface area (Å²) in [5.74, 6) is -1.28. The highest BCUT2D eigenvalue weighted by molar-refractivity contribution is 5.91. The molecule has 0 aromatic carbocycles. The molecule has 0 bridgehead atoms. The first kappa shape index (κ1) is 20.3. The second-order valence-electron chi connectivity index (χ2n) is 6.70. The van der Waals surface area contributed by atoms with Crippen LogP contribution in [0.1, 0.15) is 34.6 Å². The number of esters is 1. The van der Waals surface area contributed by atoms with E-state index in [1.807, 2.05) is 0 Å². The van der Waals surface area contributed by atoms with E-state index in [1.54, 1.807) is 20.8 Å². The SMILES string of the molecule is CC(=O)O[C@H]1[C@@H](O)C(CO)NC[C@@H]1N(C(C)=O)C(=O)OC(C)(C)C. The van der Waals surface area contributed by atoms with Crippen LogP contribution >= 0.6 is 0 Å². The van der Waals surface area contributed by atoms with Gasteiger partial charge in [-0.1, -0.05) is 0 Å². The van der Waals surface area contributed by atoms with Crippen molar-refractivity contribution < 1.29 is 34.1 Å². The molecule has 1 aliphatic rings. The number of nitrogens with one attached hydrogen (secondary N) is 1. The molecule has 1 rings (SSSR count). The van der Waals surface area contributed by atoms with Crippen LogP contribution in [-0.2, 0) is 19.1 Å². The lowest BCUT2D eigenvalue weighted by Crippen LogP contribution is -2.68. The number of nitrogens with zero attached hydrogens (tertiary/aromatic N) is 1.